The van der Waals surface area contributed by atoms with Crippen molar-refractivity contribution in [1.82, 2.24) is 58.8 Å². The average Bonchev–Trinajstić information content (AvgIpc) is 0.850. The van der Waals surface area contributed by atoms with Crippen LogP contribution in [0.25, 0.3) is 5.57 Å². The lowest BCUT2D eigenvalue weighted by Crippen LogP contribution is -2.37. The predicted octanol–water partition coefficient (Wildman–Crippen LogP) is 22.5. The van der Waals surface area contributed by atoms with E-state index in [1.807, 2.05) is 13.1 Å². The van der Waals surface area contributed by atoms with Crippen LogP contribution in [0.1, 0.15) is 301 Å². The van der Waals surface area contributed by atoms with Gasteiger partial charge in [0.2, 0.25) is 0 Å². The van der Waals surface area contributed by atoms with Crippen molar-refractivity contribution in [3.63, 3.8) is 0 Å². The minimum Gasteiger partial charge on any atom is -0.395 e. The Balaban J connectivity index is 0.000000241. The van der Waals surface area contributed by atoms with Crippen LogP contribution in [0.3, 0.4) is 0 Å². The number of aliphatic hydroxyl groups excluding tert-OH is 5. The molecule has 3 unspecified atom stereocenters. The van der Waals surface area contributed by atoms with Gasteiger partial charge in [0.25, 0.3) is 0 Å². The summed E-state index contributed by atoms with van der Waals surface area (Å²) < 4.78 is 0. The first-order chi connectivity index (χ1) is 69.0. The zero-order valence-electron chi connectivity index (χ0n) is 93.3. The average molecular weight is 1970 g/mol. The Morgan fingerprint density at radius 1 is 0.359 bits per heavy atom. The van der Waals surface area contributed by atoms with Crippen LogP contribution in [-0.4, -0.2) is 346 Å². The number of β-amino-alcohol motifs (C(OH)–C–C–N with tert-alkyl or cyclic N) is 3. The lowest BCUT2D eigenvalue weighted by atomic mass is 9.86. The number of unbranched alkanes of at least 4 members (excludes halogenated alkanes) is 4. The highest BCUT2D eigenvalue weighted by molar-refractivity contribution is 5.66. The molecule has 0 bridgehead atoms. The Kier molecular flexibility index (Phi) is 70.3. The van der Waals surface area contributed by atoms with E-state index in [1.54, 1.807) is 0 Å². The summed E-state index contributed by atoms with van der Waals surface area (Å²) in [6, 6.07) is 52.7. The van der Waals surface area contributed by atoms with Crippen LogP contribution >= 0.6 is 0 Å². The van der Waals surface area contributed by atoms with E-state index in [4.69, 9.17) is 25.5 Å². The van der Waals surface area contributed by atoms with E-state index in [0.29, 0.717) is 6.61 Å². The number of aliphatic hydroxyl groups is 5. The van der Waals surface area contributed by atoms with Gasteiger partial charge >= 0.3 is 0 Å². The summed E-state index contributed by atoms with van der Waals surface area (Å²) in [5.41, 5.74) is 10.5. The monoisotopic (exact) mass is 1970 g/mol. The minimum absolute atomic E-state index is 0.0203. The topological polar surface area (TPSA) is 140 Å². The van der Waals surface area contributed by atoms with E-state index >= 15 is 0 Å². The Labute approximate surface area is 872 Å². The second kappa shape index (κ2) is 79.7. The standard InChI is InChI=1S/C19H31N.C18H29N.C16H25N.C12H15N.C12H17N.C8H17NO.C8H15N.2C7H15NO.2C6H13NO.C6H11N/c1-16(15-20-12-6-5-7-13-20)14-17-8-10-18(11-9-17)19(2,3)4;1-2-3-4-8-13-19-14-11-18(12-15-19)16-17-9-6-5-7-10-17;1-2-3-11-17-12-9-16(10-13-17)14-15-7-5-4-6-8-15;1-13-9-7-12(8-10-13)11-5-3-2-4-6-11;1-3-7-12(8-4-1)11-13-9-5-2-6-10-13;1-2-5-9-6-3-8(10)4-7-9;1-2-6-9-7-4-3-5-8-9;1-2-8-5-3-4-7(9)6-8;9-7-6-8-4-2-1-3-5-8;1-7-4-2-6(8)3-5-7;1-7-4-2-3-6(8)5-7;1-7-5-3-2-4-6-7/h8-11,16H,5-7,12-15H2,1-4H3;5-7,9-10,18H,2-4,8,11-16H2,1H3;4-8,16H,2-3,9-14H2,1H3;2-7H,8-10H2,1H3;1,3-4,7-8H,2,5-6,9-11H2;8,10H,2-7H2,1H3;2H,1,3-8H2;7,9H,2-6H2,1H3;9H,1-7H2;2*6,8H,2-5H2,1H3;2-3H,4-6H2,1H3. The molecule has 0 aliphatic carbocycles. The van der Waals surface area contributed by atoms with Crippen molar-refractivity contribution in [1.29, 1.82) is 0 Å². The molecule has 0 radical (unpaired) electrons. The van der Waals surface area contributed by atoms with Crippen molar-refractivity contribution >= 4 is 5.57 Å². The molecule has 0 amide bonds. The quantitative estimate of drug-likeness (QED) is 0.0265. The van der Waals surface area contributed by atoms with Gasteiger partial charge in [0.15, 0.2) is 0 Å². The molecule has 0 saturated carbocycles. The molecule has 17 rings (SSSR count). The van der Waals surface area contributed by atoms with E-state index in [0.717, 1.165) is 154 Å². The largest absolute Gasteiger partial charge is 0.395 e. The van der Waals surface area contributed by atoms with Gasteiger partial charge in [0.1, 0.15) is 0 Å². The van der Waals surface area contributed by atoms with E-state index in [-0.39, 0.29) is 29.8 Å². The summed E-state index contributed by atoms with van der Waals surface area (Å²) in [7, 11) is 8.44. The number of hydrogen-bond acceptors (Lipinski definition) is 17. The Morgan fingerprint density at radius 3 is 1.22 bits per heavy atom. The summed E-state index contributed by atoms with van der Waals surface area (Å²) in [6.07, 6.45) is 54.6. The van der Waals surface area contributed by atoms with Gasteiger partial charge in [0.05, 0.1) is 31.0 Å². The second-order valence-electron chi connectivity index (χ2n) is 44.6. The third-order valence-electron chi connectivity index (χ3n) is 30.3. The van der Waals surface area contributed by atoms with Crippen molar-refractivity contribution in [2.24, 2.45) is 17.8 Å². The van der Waals surface area contributed by atoms with Crippen molar-refractivity contribution in [2.45, 2.75) is 323 Å². The van der Waals surface area contributed by atoms with Gasteiger partial charge in [-0.3, -0.25) is 9.80 Å². The van der Waals surface area contributed by atoms with Gasteiger partial charge in [-0.05, 0) is 388 Å². The SMILES string of the molecule is C=CCN1CCCCC1.CC(Cc1ccc(C(C)(C)C)cc1)CN1CCCCC1.CCCCCCN1CCC(Cc2ccccc2)CC1.CCCCN1CCC(Cc2ccccc2)CC1.CCCN1CCC(O)CC1.CCN1CCCC(O)C1.CN1CC=C(c2ccccc2)CC1.CN1CC=CCC1.CN1CCC(O)CC1.CN1CCCC(O)C1.OCCN1CCCCC1.c1ccc(CN2CCCCC2)cc1. The second-order valence-corrected chi connectivity index (χ2v) is 44.6. The molecule has 12 aliphatic rings. The van der Waals surface area contributed by atoms with Crippen LogP contribution in [0, 0.1) is 17.8 Å². The van der Waals surface area contributed by atoms with E-state index < -0.39 is 0 Å². The zero-order valence-corrected chi connectivity index (χ0v) is 93.3. The first-order valence-electron chi connectivity index (χ1n) is 58.1. The van der Waals surface area contributed by atoms with E-state index in [9.17, 15) is 0 Å². The molecule has 5 N–H and O–H groups in total. The number of likely N-dealkylation sites (N-methyl/N-ethyl adjacent to an activating group) is 4. The number of likely N-dealkylation sites (tertiary alicyclic amines) is 10. The summed E-state index contributed by atoms with van der Waals surface area (Å²) in [4.78, 5) is 29.1. The maximum atomic E-state index is 9.17. The van der Waals surface area contributed by atoms with Crippen molar-refractivity contribution in [3.8, 4) is 0 Å². The molecule has 142 heavy (non-hydrogen) atoms. The van der Waals surface area contributed by atoms with E-state index in [1.165, 1.54) is 343 Å². The highest BCUT2D eigenvalue weighted by atomic mass is 16.3. The lowest BCUT2D eigenvalue weighted by Gasteiger charge is -2.32. The van der Waals surface area contributed by atoms with Gasteiger partial charge < -0.3 is 74.5 Å². The third kappa shape index (κ3) is 61.6. The van der Waals surface area contributed by atoms with Crippen LogP contribution in [0.4, 0.5) is 0 Å². The van der Waals surface area contributed by atoms with Crippen molar-refractivity contribution in [3.05, 3.63) is 210 Å². The molecule has 10 fully saturated rings. The molecule has 0 aromatic heterocycles. The Morgan fingerprint density at radius 2 is 0.803 bits per heavy atom. The van der Waals surface area contributed by atoms with Crippen LogP contribution in [0.15, 0.2) is 176 Å². The minimum atomic E-state index is -0.0613. The lowest BCUT2D eigenvalue weighted by molar-refractivity contribution is 0.0737. The predicted molar refractivity (Wildman–Crippen MR) is 612 cm³/mol. The van der Waals surface area contributed by atoms with Crippen LogP contribution in [-0.2, 0) is 31.2 Å². The van der Waals surface area contributed by atoms with Crippen LogP contribution in [0.5, 0.6) is 0 Å². The molecule has 0 spiro atoms. The fourth-order valence-corrected chi connectivity index (χ4v) is 21.0. The van der Waals surface area contributed by atoms with Gasteiger partial charge in [-0.2, -0.15) is 0 Å². The molecular formula is C125H216N12O5. The number of nitrogens with zero attached hydrogens (tertiary/aromatic N) is 12. The molecule has 12 aliphatic heterocycles. The van der Waals surface area contributed by atoms with Crippen molar-refractivity contribution in [2.75, 3.05) is 238 Å². The summed E-state index contributed by atoms with van der Waals surface area (Å²) in [5.74, 6) is 2.58. The molecular weight excluding hydrogens is 1750 g/mol. The Bertz CT molecular complexity index is 3730. The van der Waals surface area contributed by atoms with E-state index in [2.05, 4.69) is 306 Å². The fraction of sp³-hybridized carbons (Fsp3) is 0.712. The molecule has 806 valence electrons. The molecule has 12 heterocycles. The maximum absolute atomic E-state index is 9.17. The van der Waals surface area contributed by atoms with Gasteiger partial charge in [-0.25, -0.2) is 0 Å². The maximum Gasteiger partial charge on any atom is 0.0667 e. The first-order valence-corrected chi connectivity index (χ1v) is 58.1. The smallest absolute Gasteiger partial charge is 0.0667 e. The third-order valence-corrected chi connectivity index (χ3v) is 30.3. The number of rotatable bonds is 26. The molecule has 5 aromatic carbocycles. The van der Waals surface area contributed by atoms with Gasteiger partial charge in [-0.15, -0.1) is 6.58 Å². The zero-order chi connectivity index (χ0) is 102. The number of benzene rings is 5. The highest BCUT2D eigenvalue weighted by Crippen LogP contribution is 2.28. The van der Waals surface area contributed by atoms with Crippen LogP contribution in [0.2, 0.25) is 0 Å². The fourth-order valence-electron chi connectivity index (χ4n) is 21.0. The van der Waals surface area contributed by atoms with Gasteiger partial charge in [0, 0.05) is 91.6 Å². The molecule has 17 heteroatoms. The molecule has 17 nitrogen and oxygen atoms in total. The summed E-state index contributed by atoms with van der Waals surface area (Å²) in [6.45, 7) is 59.9. The van der Waals surface area contributed by atoms with Gasteiger partial charge in [-0.1, -0.05) is 277 Å². The molecule has 10 saturated heterocycles. The number of hydrogen-bond donors (Lipinski definition) is 5. The van der Waals surface area contributed by atoms with Crippen molar-refractivity contribution < 1.29 is 25.5 Å². The van der Waals surface area contributed by atoms with Crippen LogP contribution < -0.4 is 0 Å². The highest BCUT2D eigenvalue weighted by Gasteiger charge is 2.24. The normalized spacial score (nSPS) is 21.5. The Hall–Kier alpha value is -5.36. The molecule has 5 aromatic rings. The number of piperidine rings is 10. The summed E-state index contributed by atoms with van der Waals surface area (Å²) >= 11 is 0. The first kappa shape index (κ1) is 125. The molecule has 3 atom stereocenters. The summed E-state index contributed by atoms with van der Waals surface area (Å²) in [5, 5.41) is 45.0.